The van der Waals surface area contributed by atoms with E-state index < -0.39 is 11.0 Å². The summed E-state index contributed by atoms with van der Waals surface area (Å²) in [6.07, 6.45) is 2.96. The Bertz CT molecular complexity index is 672. The summed E-state index contributed by atoms with van der Waals surface area (Å²) in [5, 5.41) is 15.7. The Kier molecular flexibility index (Phi) is 5.12. The van der Waals surface area contributed by atoms with E-state index in [2.05, 4.69) is 21.9 Å². The van der Waals surface area contributed by atoms with Crippen molar-refractivity contribution in [3.05, 3.63) is 47.5 Å². The van der Waals surface area contributed by atoms with Gasteiger partial charge in [-0.2, -0.15) is 5.10 Å². The first-order chi connectivity index (χ1) is 10.4. The fourth-order valence-corrected chi connectivity index (χ4v) is 2.14. The number of hydrogen-bond donors (Lipinski definition) is 1. The number of alkyl halides is 1. The number of hydrogen-bond acceptors (Lipinski definition) is 3. The molecule has 1 atom stereocenters. The Labute approximate surface area is 140 Å². The highest BCUT2D eigenvalue weighted by Gasteiger charge is 2.42. The van der Waals surface area contributed by atoms with Crippen LogP contribution in [-0.2, 0) is 6.54 Å². The van der Waals surface area contributed by atoms with Crippen LogP contribution in [0.1, 0.15) is 19.4 Å². The van der Waals surface area contributed by atoms with Crippen LogP contribution in [0, 0.1) is 17.3 Å². The maximum Gasteiger partial charge on any atom is 0.151 e. The molecule has 116 valence electrons. The second-order valence-corrected chi connectivity index (χ2v) is 6.43. The van der Waals surface area contributed by atoms with Crippen LogP contribution in [0.5, 0.6) is 0 Å². The lowest BCUT2D eigenvalue weighted by Crippen LogP contribution is -2.48. The van der Waals surface area contributed by atoms with Gasteiger partial charge in [0.15, 0.2) is 5.60 Å². The molecule has 1 heterocycles. The molecular formula is C16H17Cl2N3O. The lowest BCUT2D eigenvalue weighted by atomic mass is 9.76. The Morgan fingerprint density at radius 1 is 1.27 bits per heavy atom. The van der Waals surface area contributed by atoms with Crippen LogP contribution in [0.2, 0.25) is 5.02 Å². The highest BCUT2D eigenvalue weighted by Crippen LogP contribution is 2.33. The molecule has 0 aliphatic carbocycles. The van der Waals surface area contributed by atoms with E-state index in [1.807, 2.05) is 13.8 Å². The zero-order valence-electron chi connectivity index (χ0n) is 12.4. The minimum atomic E-state index is -1.35. The number of rotatable bonds is 4. The maximum atomic E-state index is 11.1. The Hall–Kier alpha value is -1.54. The minimum absolute atomic E-state index is 0.188. The predicted molar refractivity (Wildman–Crippen MR) is 87.8 cm³/mol. The largest absolute Gasteiger partial charge is 0.375 e. The monoisotopic (exact) mass is 337 g/mol. The SMILES string of the molecule is CC(C)(CCl)C(O)(C#Cc1ccc(Cl)cc1)Cn1cncn1. The van der Waals surface area contributed by atoms with Crippen LogP contribution in [0.3, 0.4) is 0 Å². The maximum absolute atomic E-state index is 11.1. The first-order valence-electron chi connectivity index (χ1n) is 6.76. The third-order valence-electron chi connectivity index (χ3n) is 3.57. The molecule has 0 fully saturated rings. The molecule has 0 saturated heterocycles. The molecule has 6 heteroatoms. The molecule has 0 saturated carbocycles. The molecule has 0 aliphatic heterocycles. The number of benzene rings is 1. The Morgan fingerprint density at radius 3 is 2.50 bits per heavy atom. The molecule has 0 aliphatic rings. The molecule has 2 aromatic rings. The van der Waals surface area contributed by atoms with Crippen molar-refractivity contribution in [3.63, 3.8) is 0 Å². The number of aliphatic hydroxyl groups is 1. The Balaban J connectivity index is 2.35. The highest BCUT2D eigenvalue weighted by atomic mass is 35.5. The number of halogens is 2. The van der Waals surface area contributed by atoms with Gasteiger partial charge in [-0.1, -0.05) is 37.3 Å². The molecule has 0 bridgehead atoms. The third kappa shape index (κ3) is 3.80. The summed E-state index contributed by atoms with van der Waals surface area (Å²) in [5.74, 6) is 6.19. The molecule has 0 amide bonds. The van der Waals surface area contributed by atoms with Crippen LogP contribution in [0.15, 0.2) is 36.9 Å². The van der Waals surface area contributed by atoms with E-state index in [-0.39, 0.29) is 12.4 Å². The van der Waals surface area contributed by atoms with Crippen molar-refractivity contribution in [2.75, 3.05) is 5.88 Å². The van der Waals surface area contributed by atoms with Gasteiger partial charge < -0.3 is 5.11 Å². The van der Waals surface area contributed by atoms with E-state index in [9.17, 15) is 5.11 Å². The normalized spacial score (nSPS) is 14.0. The quantitative estimate of drug-likeness (QED) is 0.689. The topological polar surface area (TPSA) is 50.9 Å². The minimum Gasteiger partial charge on any atom is -0.375 e. The summed E-state index contributed by atoms with van der Waals surface area (Å²) in [4.78, 5) is 3.89. The van der Waals surface area contributed by atoms with Crippen LogP contribution in [0.25, 0.3) is 0 Å². The zero-order chi connectivity index (χ0) is 16.2. The van der Waals surface area contributed by atoms with Gasteiger partial charge in [-0.3, -0.25) is 0 Å². The zero-order valence-corrected chi connectivity index (χ0v) is 13.9. The lowest BCUT2D eigenvalue weighted by molar-refractivity contribution is -0.0194. The molecule has 1 N–H and O–H groups in total. The molecule has 22 heavy (non-hydrogen) atoms. The van der Waals surface area contributed by atoms with E-state index in [1.165, 1.54) is 6.33 Å². The van der Waals surface area contributed by atoms with Crippen molar-refractivity contribution in [2.24, 2.45) is 5.41 Å². The first-order valence-corrected chi connectivity index (χ1v) is 7.67. The average molecular weight is 338 g/mol. The fourth-order valence-electron chi connectivity index (χ4n) is 1.79. The lowest BCUT2D eigenvalue weighted by Gasteiger charge is -2.37. The number of nitrogens with zero attached hydrogens (tertiary/aromatic N) is 3. The fraction of sp³-hybridized carbons (Fsp3) is 0.375. The van der Waals surface area contributed by atoms with Gasteiger partial charge in [-0.05, 0) is 24.3 Å². The first kappa shape index (κ1) is 16.8. The van der Waals surface area contributed by atoms with Crippen molar-refractivity contribution in [3.8, 4) is 11.8 Å². The second-order valence-electron chi connectivity index (χ2n) is 5.73. The van der Waals surface area contributed by atoms with Crippen molar-refractivity contribution < 1.29 is 5.11 Å². The standard InChI is InChI=1S/C16H17Cl2N3O/c1-15(2,9-17)16(22,10-21-12-19-11-20-21)8-7-13-3-5-14(18)6-4-13/h3-6,11-12,22H,9-10H2,1-2H3. The van der Waals surface area contributed by atoms with Crippen LogP contribution in [0.4, 0.5) is 0 Å². The molecule has 4 nitrogen and oxygen atoms in total. The van der Waals surface area contributed by atoms with Gasteiger partial charge >= 0.3 is 0 Å². The third-order valence-corrected chi connectivity index (χ3v) is 4.49. The van der Waals surface area contributed by atoms with Crippen LogP contribution >= 0.6 is 23.2 Å². The van der Waals surface area contributed by atoms with Gasteiger partial charge in [0.1, 0.15) is 12.7 Å². The van der Waals surface area contributed by atoms with E-state index in [0.29, 0.717) is 5.02 Å². The molecule has 2 rings (SSSR count). The van der Waals surface area contributed by atoms with Gasteiger partial charge in [0.2, 0.25) is 0 Å². The summed E-state index contributed by atoms with van der Waals surface area (Å²) < 4.78 is 1.55. The molecule has 1 unspecified atom stereocenters. The predicted octanol–water partition coefficient (Wildman–Crippen LogP) is 2.98. The summed E-state index contributed by atoms with van der Waals surface area (Å²) in [7, 11) is 0. The van der Waals surface area contributed by atoms with Crippen molar-refractivity contribution in [1.29, 1.82) is 0 Å². The molecule has 0 radical (unpaired) electrons. The summed E-state index contributed by atoms with van der Waals surface area (Å²) >= 11 is 11.9. The van der Waals surface area contributed by atoms with Crippen molar-refractivity contribution >= 4 is 23.2 Å². The van der Waals surface area contributed by atoms with Gasteiger partial charge in [0, 0.05) is 21.9 Å². The summed E-state index contributed by atoms with van der Waals surface area (Å²) in [6, 6.07) is 7.13. The smallest absolute Gasteiger partial charge is 0.151 e. The van der Waals surface area contributed by atoms with Crippen molar-refractivity contribution in [1.82, 2.24) is 14.8 Å². The molecule has 1 aromatic carbocycles. The number of aromatic nitrogens is 3. The molecular weight excluding hydrogens is 321 g/mol. The van der Waals surface area contributed by atoms with Gasteiger partial charge in [-0.15, -0.1) is 11.6 Å². The van der Waals surface area contributed by atoms with E-state index >= 15 is 0 Å². The molecule has 0 spiro atoms. The summed E-state index contributed by atoms with van der Waals surface area (Å²) in [5.41, 5.74) is -1.20. The van der Waals surface area contributed by atoms with Gasteiger partial charge in [0.25, 0.3) is 0 Å². The van der Waals surface area contributed by atoms with Gasteiger partial charge in [0.05, 0.1) is 6.54 Å². The second kappa shape index (κ2) is 6.70. The van der Waals surface area contributed by atoms with E-state index in [1.54, 1.807) is 35.3 Å². The van der Waals surface area contributed by atoms with Crippen molar-refractivity contribution in [2.45, 2.75) is 26.0 Å². The average Bonchev–Trinajstić information content (AvgIpc) is 2.99. The van der Waals surface area contributed by atoms with Gasteiger partial charge in [-0.25, -0.2) is 9.67 Å². The molecule has 1 aromatic heterocycles. The Morgan fingerprint density at radius 2 is 1.95 bits per heavy atom. The highest BCUT2D eigenvalue weighted by molar-refractivity contribution is 6.30. The van der Waals surface area contributed by atoms with Crippen LogP contribution in [-0.4, -0.2) is 31.4 Å². The van der Waals surface area contributed by atoms with E-state index in [4.69, 9.17) is 23.2 Å². The van der Waals surface area contributed by atoms with E-state index in [0.717, 1.165) is 5.56 Å². The van der Waals surface area contributed by atoms with Crippen LogP contribution < -0.4 is 0 Å². The summed E-state index contributed by atoms with van der Waals surface area (Å²) in [6.45, 7) is 3.92.